The first-order valence-corrected chi connectivity index (χ1v) is 10.0. The number of halogens is 2. The minimum absolute atomic E-state index is 0.128. The van der Waals surface area contributed by atoms with Crippen molar-refractivity contribution in [1.29, 1.82) is 0 Å². The average Bonchev–Trinajstić information content (AvgIpc) is 3.46. The largest absolute Gasteiger partial charge is 0.423 e. The molecule has 30 heavy (non-hydrogen) atoms. The maximum Gasteiger partial charge on any atom is 0.267 e. The molecular weight excluding hydrogens is 410 g/mol. The first-order valence-electron chi connectivity index (χ1n) is 9.23. The number of hydrogen-bond donors (Lipinski definition) is 1. The number of amides is 1. The molecule has 0 unspecified atom stereocenters. The molecule has 0 aliphatic carbocycles. The second-order valence-electron chi connectivity index (χ2n) is 6.36. The number of hydrogen-bond acceptors (Lipinski definition) is 6. The molecule has 3 rings (SSSR count). The lowest BCUT2D eigenvalue weighted by molar-refractivity contribution is 0.0968. The van der Waals surface area contributed by atoms with Gasteiger partial charge in [-0.2, -0.15) is 0 Å². The van der Waals surface area contributed by atoms with Gasteiger partial charge in [0.25, 0.3) is 5.91 Å². The highest BCUT2D eigenvalue weighted by atomic mass is 32.1. The zero-order valence-corrected chi connectivity index (χ0v) is 17.5. The van der Waals surface area contributed by atoms with Crippen molar-refractivity contribution < 1.29 is 18.0 Å². The Morgan fingerprint density at radius 2 is 2.17 bits per heavy atom. The summed E-state index contributed by atoms with van der Waals surface area (Å²) in [6.45, 7) is 4.26. The van der Waals surface area contributed by atoms with E-state index in [1.165, 1.54) is 25.6 Å². The van der Waals surface area contributed by atoms with Crippen molar-refractivity contribution in [2.45, 2.75) is 27.2 Å². The summed E-state index contributed by atoms with van der Waals surface area (Å²) < 4.78 is 32.7. The van der Waals surface area contributed by atoms with E-state index < -0.39 is 18.4 Å². The number of rotatable bonds is 7. The van der Waals surface area contributed by atoms with Crippen LogP contribution in [0.15, 0.2) is 58.4 Å². The van der Waals surface area contributed by atoms with Gasteiger partial charge >= 0.3 is 0 Å². The van der Waals surface area contributed by atoms with Crippen LogP contribution >= 0.6 is 11.3 Å². The minimum Gasteiger partial charge on any atom is -0.423 e. The number of alkyl halides is 1. The van der Waals surface area contributed by atoms with E-state index >= 15 is 0 Å². The Morgan fingerprint density at radius 3 is 2.80 bits per heavy atom. The maximum atomic E-state index is 14.2. The van der Waals surface area contributed by atoms with Crippen LogP contribution in [0.5, 0.6) is 0 Å². The predicted octanol–water partition coefficient (Wildman–Crippen LogP) is 5.41. The highest BCUT2D eigenvalue weighted by molar-refractivity contribution is 7.16. The molecule has 0 bridgehead atoms. The number of nitrogens with zero attached hydrogens (tertiary/aromatic N) is 3. The predicted molar refractivity (Wildman–Crippen MR) is 111 cm³/mol. The fourth-order valence-corrected chi connectivity index (χ4v) is 3.66. The van der Waals surface area contributed by atoms with Gasteiger partial charge in [-0.1, -0.05) is 13.0 Å². The first-order chi connectivity index (χ1) is 14.5. The van der Waals surface area contributed by atoms with E-state index in [0.29, 0.717) is 10.9 Å². The quantitative estimate of drug-likeness (QED) is 0.507. The Balaban J connectivity index is 1.90. The SMILES string of the molecule is C/C=C(F)\C(NC(=O)c1cnc(-c2cc(-c3nnco3)ccc2C)s1)=C(/CC)CF. The summed E-state index contributed by atoms with van der Waals surface area (Å²) in [5, 5.41) is 10.7. The van der Waals surface area contributed by atoms with Gasteiger partial charge in [-0.15, -0.1) is 21.5 Å². The number of nitrogens with one attached hydrogen (secondary N) is 1. The molecule has 0 saturated heterocycles. The lowest BCUT2D eigenvalue weighted by Gasteiger charge is -2.11. The van der Waals surface area contributed by atoms with Crippen molar-refractivity contribution >= 4 is 17.2 Å². The molecule has 0 spiro atoms. The number of allylic oxidation sites excluding steroid dienone is 3. The molecule has 3 aromatic rings. The average molecular weight is 430 g/mol. The molecule has 6 nitrogen and oxygen atoms in total. The summed E-state index contributed by atoms with van der Waals surface area (Å²) in [7, 11) is 0. The van der Waals surface area contributed by atoms with Gasteiger partial charge in [0.15, 0.2) is 0 Å². The number of aromatic nitrogens is 3. The Hall–Kier alpha value is -3.20. The second-order valence-corrected chi connectivity index (χ2v) is 7.39. The fraction of sp³-hybridized carbons (Fsp3) is 0.238. The van der Waals surface area contributed by atoms with Crippen LogP contribution in [0.1, 0.15) is 35.5 Å². The van der Waals surface area contributed by atoms with Crippen LogP contribution in [0.3, 0.4) is 0 Å². The maximum absolute atomic E-state index is 14.2. The lowest BCUT2D eigenvalue weighted by atomic mass is 10.1. The molecule has 0 aliphatic heterocycles. The molecule has 1 N–H and O–H groups in total. The van der Waals surface area contributed by atoms with Crippen LogP contribution in [0.2, 0.25) is 0 Å². The van der Waals surface area contributed by atoms with Crippen molar-refractivity contribution in [1.82, 2.24) is 20.5 Å². The Labute approximate surface area is 176 Å². The van der Waals surface area contributed by atoms with Crippen LogP contribution in [-0.4, -0.2) is 27.8 Å². The molecule has 0 atom stereocenters. The molecule has 2 aromatic heterocycles. The van der Waals surface area contributed by atoms with Gasteiger partial charge in [0.2, 0.25) is 12.3 Å². The summed E-state index contributed by atoms with van der Waals surface area (Å²) in [4.78, 5) is 17.3. The standard InChI is InChI=1S/C21H20F2N4O2S/c1-4-13(9-22)18(16(23)5-2)26-19(28)17-10-24-21(30-17)15-8-14(7-6-12(15)3)20-27-25-11-29-20/h5-8,10-11H,4,9H2,1-3H3,(H,26,28)/b16-5+,18-13-. The number of carbonyl (C=O) groups is 1. The summed E-state index contributed by atoms with van der Waals surface area (Å²) in [5.41, 5.74) is 2.54. The summed E-state index contributed by atoms with van der Waals surface area (Å²) in [6.07, 6.45) is 4.13. The lowest BCUT2D eigenvalue weighted by Crippen LogP contribution is -2.24. The van der Waals surface area contributed by atoms with Gasteiger partial charge in [0.1, 0.15) is 22.4 Å². The van der Waals surface area contributed by atoms with Crippen molar-refractivity contribution in [3.63, 3.8) is 0 Å². The van der Waals surface area contributed by atoms with E-state index in [9.17, 15) is 13.6 Å². The highest BCUT2D eigenvalue weighted by Gasteiger charge is 2.19. The smallest absolute Gasteiger partial charge is 0.267 e. The van der Waals surface area contributed by atoms with Crippen LogP contribution in [0.25, 0.3) is 22.0 Å². The molecule has 0 aliphatic rings. The van der Waals surface area contributed by atoms with Crippen molar-refractivity contribution in [3.05, 3.63) is 64.4 Å². The van der Waals surface area contributed by atoms with E-state index in [4.69, 9.17) is 4.42 Å². The van der Waals surface area contributed by atoms with Gasteiger partial charge in [-0.3, -0.25) is 4.79 Å². The number of aryl methyl sites for hydroxylation is 1. The normalized spacial score (nSPS) is 12.6. The Bertz CT molecular complexity index is 1100. The molecular formula is C21H20F2N4O2S. The highest BCUT2D eigenvalue weighted by Crippen LogP contribution is 2.31. The summed E-state index contributed by atoms with van der Waals surface area (Å²) in [6, 6.07) is 5.60. The molecule has 0 radical (unpaired) electrons. The molecule has 0 fully saturated rings. The topological polar surface area (TPSA) is 80.9 Å². The molecule has 2 heterocycles. The number of benzene rings is 1. The van der Waals surface area contributed by atoms with Gasteiger partial charge < -0.3 is 9.73 Å². The Morgan fingerprint density at radius 1 is 1.37 bits per heavy atom. The monoisotopic (exact) mass is 430 g/mol. The number of thiazole rings is 1. The molecule has 1 amide bonds. The van der Waals surface area contributed by atoms with Crippen LogP contribution < -0.4 is 5.32 Å². The third-order valence-corrected chi connectivity index (χ3v) is 5.51. The van der Waals surface area contributed by atoms with E-state index in [0.717, 1.165) is 28.0 Å². The molecule has 9 heteroatoms. The molecule has 0 saturated carbocycles. The Kier molecular flexibility index (Phi) is 6.83. The van der Waals surface area contributed by atoms with Crippen molar-refractivity contribution in [3.8, 4) is 22.0 Å². The third-order valence-electron chi connectivity index (χ3n) is 4.48. The van der Waals surface area contributed by atoms with Crippen LogP contribution in [0.4, 0.5) is 8.78 Å². The van der Waals surface area contributed by atoms with Gasteiger partial charge in [-0.05, 0) is 49.6 Å². The summed E-state index contributed by atoms with van der Waals surface area (Å²) >= 11 is 1.15. The van der Waals surface area contributed by atoms with Crippen LogP contribution in [0, 0.1) is 6.92 Å². The molecule has 156 valence electrons. The van der Waals surface area contributed by atoms with E-state index in [1.807, 2.05) is 25.1 Å². The first kappa shape index (κ1) is 21.5. The third kappa shape index (κ3) is 4.51. The van der Waals surface area contributed by atoms with Crippen molar-refractivity contribution in [2.24, 2.45) is 0 Å². The van der Waals surface area contributed by atoms with E-state index in [-0.39, 0.29) is 22.6 Å². The van der Waals surface area contributed by atoms with Gasteiger partial charge in [0.05, 0.1) is 11.9 Å². The van der Waals surface area contributed by atoms with Crippen molar-refractivity contribution in [2.75, 3.05) is 6.67 Å². The molecule has 1 aromatic carbocycles. The fourth-order valence-electron chi connectivity index (χ4n) is 2.76. The zero-order valence-electron chi connectivity index (χ0n) is 16.7. The second kappa shape index (κ2) is 9.53. The van der Waals surface area contributed by atoms with Gasteiger partial charge in [0, 0.05) is 11.1 Å². The number of carbonyl (C=O) groups excluding carboxylic acids is 1. The zero-order chi connectivity index (χ0) is 21.7. The van der Waals surface area contributed by atoms with E-state index in [2.05, 4.69) is 20.5 Å². The summed E-state index contributed by atoms with van der Waals surface area (Å²) in [5.74, 6) is -0.845. The van der Waals surface area contributed by atoms with Crippen LogP contribution in [-0.2, 0) is 0 Å². The minimum atomic E-state index is -0.844. The van der Waals surface area contributed by atoms with Gasteiger partial charge in [-0.25, -0.2) is 13.8 Å². The van der Waals surface area contributed by atoms with E-state index in [1.54, 1.807) is 6.92 Å².